The first kappa shape index (κ1) is 16.5. The minimum atomic E-state index is 0.249. The van der Waals surface area contributed by atoms with Gasteiger partial charge in [-0.05, 0) is 43.2 Å². The molecular formula is C20H33N. The van der Waals surface area contributed by atoms with Crippen molar-refractivity contribution in [2.24, 2.45) is 5.92 Å². The van der Waals surface area contributed by atoms with E-state index in [0.717, 1.165) is 5.92 Å². The van der Waals surface area contributed by atoms with Crippen LogP contribution in [0, 0.1) is 5.92 Å². The van der Waals surface area contributed by atoms with Gasteiger partial charge in [-0.3, -0.25) is 0 Å². The Balaban J connectivity index is 1.72. The molecule has 1 saturated carbocycles. The number of nitrogens with one attached hydrogen (secondary N) is 1. The summed E-state index contributed by atoms with van der Waals surface area (Å²) in [6.07, 6.45) is 9.88. The molecule has 1 fully saturated rings. The van der Waals surface area contributed by atoms with Crippen molar-refractivity contribution in [1.29, 1.82) is 0 Å². The van der Waals surface area contributed by atoms with Gasteiger partial charge >= 0.3 is 0 Å². The molecule has 0 bridgehead atoms. The molecular weight excluding hydrogens is 254 g/mol. The Morgan fingerprint density at radius 3 is 2.43 bits per heavy atom. The maximum atomic E-state index is 3.76. The Morgan fingerprint density at radius 2 is 1.76 bits per heavy atom. The highest BCUT2D eigenvalue weighted by atomic mass is 14.9. The third-order valence-corrected chi connectivity index (χ3v) is 5.14. The number of hydrogen-bond donors (Lipinski definition) is 1. The summed E-state index contributed by atoms with van der Waals surface area (Å²) in [7, 11) is 0. The van der Waals surface area contributed by atoms with E-state index in [-0.39, 0.29) is 5.41 Å². The van der Waals surface area contributed by atoms with Crippen molar-refractivity contribution in [2.75, 3.05) is 6.54 Å². The van der Waals surface area contributed by atoms with E-state index in [1.807, 2.05) is 0 Å². The molecule has 0 saturated heterocycles. The molecule has 0 heterocycles. The molecule has 118 valence electrons. The first-order chi connectivity index (χ1) is 10.1. The van der Waals surface area contributed by atoms with Crippen molar-refractivity contribution in [1.82, 2.24) is 5.32 Å². The van der Waals surface area contributed by atoms with Gasteiger partial charge in [0.25, 0.3) is 0 Å². The number of hydrogen-bond acceptors (Lipinski definition) is 1. The minimum absolute atomic E-state index is 0.249. The molecule has 1 nitrogen and oxygen atoms in total. The first-order valence-electron chi connectivity index (χ1n) is 8.87. The average molecular weight is 287 g/mol. The summed E-state index contributed by atoms with van der Waals surface area (Å²) >= 11 is 0. The van der Waals surface area contributed by atoms with Gasteiger partial charge in [-0.1, -0.05) is 76.3 Å². The lowest BCUT2D eigenvalue weighted by atomic mass is 9.79. The van der Waals surface area contributed by atoms with Gasteiger partial charge in [0.15, 0.2) is 0 Å². The summed E-state index contributed by atoms with van der Waals surface area (Å²) in [6.45, 7) is 8.26. The summed E-state index contributed by atoms with van der Waals surface area (Å²) in [6, 6.07) is 11.5. The second-order valence-electron chi connectivity index (χ2n) is 7.60. The van der Waals surface area contributed by atoms with Gasteiger partial charge in [-0.2, -0.15) is 0 Å². The molecule has 21 heavy (non-hydrogen) atoms. The Morgan fingerprint density at radius 1 is 1.10 bits per heavy atom. The molecule has 1 aromatic carbocycles. The molecule has 1 aromatic rings. The normalized spacial score (nSPS) is 18.6. The Kier molecular flexibility index (Phi) is 6.29. The zero-order valence-corrected chi connectivity index (χ0v) is 14.2. The minimum Gasteiger partial charge on any atom is -0.314 e. The van der Waals surface area contributed by atoms with Crippen LogP contribution >= 0.6 is 0 Å². The molecule has 1 N–H and O–H groups in total. The molecule has 1 unspecified atom stereocenters. The SMILES string of the molecule is CC(CC(C)(C)c1ccccc1)NCCC1CCCCC1. The second kappa shape index (κ2) is 7.98. The van der Waals surface area contributed by atoms with Crippen molar-refractivity contribution >= 4 is 0 Å². The maximum Gasteiger partial charge on any atom is 0.00470 e. The summed E-state index contributed by atoms with van der Waals surface area (Å²) in [5.74, 6) is 0.987. The molecule has 1 aliphatic carbocycles. The Hall–Kier alpha value is -0.820. The van der Waals surface area contributed by atoms with Crippen LogP contribution < -0.4 is 5.32 Å². The molecule has 1 heteroatoms. The third-order valence-electron chi connectivity index (χ3n) is 5.14. The van der Waals surface area contributed by atoms with Crippen molar-refractivity contribution in [3.8, 4) is 0 Å². The van der Waals surface area contributed by atoms with E-state index in [0.29, 0.717) is 6.04 Å². The molecule has 0 spiro atoms. The predicted octanol–water partition coefficient (Wildman–Crippen LogP) is 5.30. The van der Waals surface area contributed by atoms with Crippen molar-refractivity contribution in [3.63, 3.8) is 0 Å². The third kappa shape index (κ3) is 5.47. The molecule has 0 amide bonds. The van der Waals surface area contributed by atoms with Gasteiger partial charge < -0.3 is 5.32 Å². The highest BCUT2D eigenvalue weighted by Crippen LogP contribution is 2.28. The van der Waals surface area contributed by atoms with E-state index in [2.05, 4.69) is 56.4 Å². The van der Waals surface area contributed by atoms with Crippen LogP contribution in [0.5, 0.6) is 0 Å². The number of rotatable bonds is 7. The largest absolute Gasteiger partial charge is 0.314 e. The maximum absolute atomic E-state index is 3.76. The smallest absolute Gasteiger partial charge is 0.00470 e. The van der Waals surface area contributed by atoms with Crippen molar-refractivity contribution in [3.05, 3.63) is 35.9 Å². The van der Waals surface area contributed by atoms with Crippen LogP contribution in [0.2, 0.25) is 0 Å². The van der Waals surface area contributed by atoms with Crippen molar-refractivity contribution < 1.29 is 0 Å². The molecule has 0 radical (unpaired) electrons. The average Bonchev–Trinajstić information content (AvgIpc) is 2.49. The molecule has 1 atom stereocenters. The van der Waals surface area contributed by atoms with E-state index in [9.17, 15) is 0 Å². The van der Waals surface area contributed by atoms with Crippen LogP contribution in [0.15, 0.2) is 30.3 Å². The van der Waals surface area contributed by atoms with Gasteiger partial charge in [0.1, 0.15) is 0 Å². The lowest BCUT2D eigenvalue weighted by Crippen LogP contribution is -2.34. The molecule has 0 aromatic heterocycles. The monoisotopic (exact) mass is 287 g/mol. The van der Waals surface area contributed by atoms with E-state index in [4.69, 9.17) is 0 Å². The lowest BCUT2D eigenvalue weighted by Gasteiger charge is -2.30. The standard InChI is InChI=1S/C20H33N/c1-17(21-15-14-18-10-6-4-7-11-18)16-20(2,3)19-12-8-5-9-13-19/h5,8-9,12-13,17-18,21H,4,6-7,10-11,14-16H2,1-3H3. The predicted molar refractivity (Wildman–Crippen MR) is 92.7 cm³/mol. The van der Waals surface area contributed by atoms with Crippen LogP contribution in [0.4, 0.5) is 0 Å². The Labute approximate surface area is 131 Å². The summed E-state index contributed by atoms with van der Waals surface area (Å²) in [5.41, 5.74) is 1.70. The van der Waals surface area contributed by atoms with E-state index < -0.39 is 0 Å². The molecule has 0 aliphatic heterocycles. The fourth-order valence-corrected chi connectivity index (χ4v) is 3.85. The highest BCUT2D eigenvalue weighted by molar-refractivity contribution is 5.23. The molecule has 2 rings (SSSR count). The van der Waals surface area contributed by atoms with E-state index >= 15 is 0 Å². The van der Waals surface area contributed by atoms with Gasteiger partial charge in [-0.25, -0.2) is 0 Å². The zero-order chi connectivity index (χ0) is 15.1. The van der Waals surface area contributed by atoms with Crippen LogP contribution in [0.3, 0.4) is 0 Å². The van der Waals surface area contributed by atoms with Crippen LogP contribution in [0.1, 0.15) is 71.3 Å². The summed E-state index contributed by atoms with van der Waals surface area (Å²) < 4.78 is 0. The van der Waals surface area contributed by atoms with Gasteiger partial charge in [0.05, 0.1) is 0 Å². The fraction of sp³-hybridized carbons (Fsp3) is 0.700. The lowest BCUT2D eigenvalue weighted by molar-refractivity contribution is 0.319. The van der Waals surface area contributed by atoms with Crippen molar-refractivity contribution in [2.45, 2.75) is 77.2 Å². The van der Waals surface area contributed by atoms with E-state index in [1.54, 1.807) is 0 Å². The topological polar surface area (TPSA) is 12.0 Å². The van der Waals surface area contributed by atoms with Gasteiger partial charge in [0, 0.05) is 6.04 Å². The quantitative estimate of drug-likeness (QED) is 0.717. The van der Waals surface area contributed by atoms with Gasteiger partial charge in [0.2, 0.25) is 0 Å². The molecule has 1 aliphatic rings. The summed E-state index contributed by atoms with van der Waals surface area (Å²) in [4.78, 5) is 0. The van der Waals surface area contributed by atoms with Crippen LogP contribution in [-0.2, 0) is 5.41 Å². The zero-order valence-electron chi connectivity index (χ0n) is 14.2. The van der Waals surface area contributed by atoms with Gasteiger partial charge in [-0.15, -0.1) is 0 Å². The number of benzene rings is 1. The van der Waals surface area contributed by atoms with Crippen LogP contribution in [0.25, 0.3) is 0 Å². The van der Waals surface area contributed by atoms with E-state index in [1.165, 1.54) is 57.1 Å². The Bertz CT molecular complexity index is 390. The van der Waals surface area contributed by atoms with Crippen LogP contribution in [-0.4, -0.2) is 12.6 Å². The second-order valence-corrected chi connectivity index (χ2v) is 7.60. The first-order valence-corrected chi connectivity index (χ1v) is 8.87. The fourth-order valence-electron chi connectivity index (χ4n) is 3.85. The highest BCUT2D eigenvalue weighted by Gasteiger charge is 2.23. The summed E-state index contributed by atoms with van der Waals surface area (Å²) in [5, 5.41) is 3.76.